The molecule has 0 aliphatic carbocycles. The van der Waals surface area contributed by atoms with Gasteiger partial charge in [-0.15, -0.1) is 0 Å². The maximum atomic E-state index is 4.72. The molecule has 1 saturated heterocycles. The van der Waals surface area contributed by atoms with Crippen molar-refractivity contribution in [2.45, 2.75) is 38.6 Å². The first-order chi connectivity index (χ1) is 8.56. The predicted octanol–water partition coefficient (Wildman–Crippen LogP) is 3.57. The molecule has 2 nitrogen and oxygen atoms in total. The Kier molecular flexibility index (Phi) is 2.54. The SMILES string of the molecule is CC1=CC(C)(C)N2CC(c3ccccc3)CC2=N1. The van der Waals surface area contributed by atoms with E-state index in [9.17, 15) is 0 Å². The number of benzene rings is 1. The van der Waals surface area contributed by atoms with Crippen molar-refractivity contribution in [2.24, 2.45) is 4.99 Å². The minimum atomic E-state index is 0.102. The summed E-state index contributed by atoms with van der Waals surface area (Å²) < 4.78 is 0. The fraction of sp³-hybridized carbons (Fsp3) is 0.438. The molecule has 1 fully saturated rings. The first-order valence-corrected chi connectivity index (χ1v) is 6.66. The Bertz CT molecular complexity index is 511. The molecular weight excluding hydrogens is 220 g/mol. The summed E-state index contributed by atoms with van der Waals surface area (Å²) in [5.41, 5.74) is 2.69. The van der Waals surface area contributed by atoms with Crippen LogP contribution < -0.4 is 0 Å². The summed E-state index contributed by atoms with van der Waals surface area (Å²) in [5, 5.41) is 0. The van der Waals surface area contributed by atoms with Crippen LogP contribution in [0.4, 0.5) is 0 Å². The Morgan fingerprint density at radius 1 is 1.22 bits per heavy atom. The quantitative estimate of drug-likeness (QED) is 0.732. The summed E-state index contributed by atoms with van der Waals surface area (Å²) in [4.78, 5) is 7.18. The van der Waals surface area contributed by atoms with Gasteiger partial charge < -0.3 is 4.90 Å². The molecular formula is C16H20N2. The fourth-order valence-corrected chi connectivity index (χ4v) is 3.17. The third-order valence-corrected chi connectivity index (χ3v) is 3.98. The van der Waals surface area contributed by atoms with Gasteiger partial charge in [-0.3, -0.25) is 0 Å². The van der Waals surface area contributed by atoms with Crippen molar-refractivity contribution in [1.29, 1.82) is 0 Å². The zero-order valence-corrected chi connectivity index (χ0v) is 11.4. The van der Waals surface area contributed by atoms with E-state index in [4.69, 9.17) is 4.99 Å². The molecule has 2 aliphatic heterocycles. The fourth-order valence-electron chi connectivity index (χ4n) is 3.17. The van der Waals surface area contributed by atoms with Gasteiger partial charge in [-0.2, -0.15) is 0 Å². The molecule has 1 unspecified atom stereocenters. The zero-order valence-electron chi connectivity index (χ0n) is 11.4. The first-order valence-electron chi connectivity index (χ1n) is 6.66. The Balaban J connectivity index is 1.90. The summed E-state index contributed by atoms with van der Waals surface area (Å²) in [7, 11) is 0. The van der Waals surface area contributed by atoms with Crippen LogP contribution in [-0.2, 0) is 0 Å². The lowest BCUT2D eigenvalue weighted by atomic mass is 9.98. The molecule has 3 rings (SSSR count). The van der Waals surface area contributed by atoms with Gasteiger partial charge in [0.15, 0.2) is 0 Å². The molecule has 2 aliphatic rings. The van der Waals surface area contributed by atoms with Gasteiger partial charge in [-0.25, -0.2) is 4.99 Å². The molecule has 0 spiro atoms. The van der Waals surface area contributed by atoms with E-state index in [-0.39, 0.29) is 5.54 Å². The molecule has 1 atom stereocenters. The normalized spacial score (nSPS) is 25.5. The summed E-state index contributed by atoms with van der Waals surface area (Å²) in [6.07, 6.45) is 3.34. The maximum absolute atomic E-state index is 4.72. The van der Waals surface area contributed by atoms with Gasteiger partial charge in [-0.05, 0) is 32.4 Å². The third kappa shape index (κ3) is 1.86. The van der Waals surface area contributed by atoms with E-state index < -0.39 is 0 Å². The molecule has 0 N–H and O–H groups in total. The number of aliphatic imine (C=N–C) groups is 1. The standard InChI is InChI=1S/C16H20N2/c1-12-10-16(2,3)18-11-14(9-15(18)17-12)13-7-5-4-6-8-13/h4-8,10,14H,9,11H2,1-3H3. The van der Waals surface area contributed by atoms with Crippen LogP contribution in [0.3, 0.4) is 0 Å². The van der Waals surface area contributed by atoms with Gasteiger partial charge in [0.05, 0.1) is 5.54 Å². The van der Waals surface area contributed by atoms with Gasteiger partial charge in [-0.1, -0.05) is 30.3 Å². The van der Waals surface area contributed by atoms with Gasteiger partial charge >= 0.3 is 0 Å². The Labute approximate surface area is 109 Å². The van der Waals surface area contributed by atoms with Crippen molar-refractivity contribution in [3.8, 4) is 0 Å². The average Bonchev–Trinajstić information content (AvgIpc) is 2.74. The van der Waals surface area contributed by atoms with Crippen molar-refractivity contribution >= 4 is 5.84 Å². The number of amidine groups is 1. The van der Waals surface area contributed by atoms with Gasteiger partial charge in [0.1, 0.15) is 5.84 Å². The first kappa shape index (κ1) is 11.5. The van der Waals surface area contributed by atoms with Crippen LogP contribution in [0.1, 0.15) is 38.7 Å². The second kappa shape index (κ2) is 3.98. The molecule has 0 amide bonds. The van der Waals surface area contributed by atoms with Crippen LogP contribution in [0.2, 0.25) is 0 Å². The highest BCUT2D eigenvalue weighted by Gasteiger charge is 2.38. The minimum Gasteiger partial charge on any atom is -0.351 e. The summed E-state index contributed by atoms with van der Waals surface area (Å²) >= 11 is 0. The van der Waals surface area contributed by atoms with Crippen LogP contribution in [0.25, 0.3) is 0 Å². The number of hydrogen-bond acceptors (Lipinski definition) is 2. The summed E-state index contributed by atoms with van der Waals surface area (Å²) in [6.45, 7) is 7.73. The van der Waals surface area contributed by atoms with Crippen LogP contribution in [0, 0.1) is 0 Å². The third-order valence-electron chi connectivity index (χ3n) is 3.98. The van der Waals surface area contributed by atoms with Crippen molar-refractivity contribution in [2.75, 3.05) is 6.54 Å². The lowest BCUT2D eigenvalue weighted by molar-refractivity contribution is 0.277. The highest BCUT2D eigenvalue weighted by atomic mass is 15.3. The zero-order chi connectivity index (χ0) is 12.8. The highest BCUT2D eigenvalue weighted by Crippen LogP contribution is 2.36. The van der Waals surface area contributed by atoms with Crippen molar-refractivity contribution in [1.82, 2.24) is 4.90 Å². The maximum Gasteiger partial charge on any atom is 0.106 e. The van der Waals surface area contributed by atoms with E-state index in [1.165, 1.54) is 11.4 Å². The summed E-state index contributed by atoms with van der Waals surface area (Å²) in [6, 6.07) is 10.8. The molecule has 0 aromatic heterocycles. The molecule has 1 aromatic carbocycles. The number of nitrogens with zero attached hydrogens (tertiary/aromatic N) is 2. The topological polar surface area (TPSA) is 15.6 Å². The molecule has 1 aromatic rings. The van der Waals surface area contributed by atoms with E-state index in [0.29, 0.717) is 5.92 Å². The Hall–Kier alpha value is -1.57. The van der Waals surface area contributed by atoms with Crippen molar-refractivity contribution < 1.29 is 0 Å². The second-order valence-corrected chi connectivity index (χ2v) is 5.89. The van der Waals surface area contributed by atoms with Crippen LogP contribution in [0.15, 0.2) is 47.1 Å². The van der Waals surface area contributed by atoms with Gasteiger partial charge in [0.25, 0.3) is 0 Å². The Morgan fingerprint density at radius 3 is 2.67 bits per heavy atom. The molecule has 0 bridgehead atoms. The lowest BCUT2D eigenvalue weighted by Crippen LogP contribution is -2.45. The number of hydrogen-bond donors (Lipinski definition) is 0. The Morgan fingerprint density at radius 2 is 1.94 bits per heavy atom. The number of fused-ring (bicyclic) bond motifs is 1. The monoisotopic (exact) mass is 240 g/mol. The van der Waals surface area contributed by atoms with E-state index in [1.807, 2.05) is 0 Å². The molecule has 94 valence electrons. The molecule has 2 heterocycles. The lowest BCUT2D eigenvalue weighted by Gasteiger charge is -2.38. The smallest absolute Gasteiger partial charge is 0.106 e. The van der Waals surface area contributed by atoms with Crippen LogP contribution >= 0.6 is 0 Å². The summed E-state index contributed by atoms with van der Waals surface area (Å²) in [5.74, 6) is 1.84. The molecule has 0 radical (unpaired) electrons. The number of allylic oxidation sites excluding steroid dienone is 1. The van der Waals surface area contributed by atoms with Crippen LogP contribution in [-0.4, -0.2) is 22.8 Å². The van der Waals surface area contributed by atoms with Gasteiger partial charge in [0, 0.05) is 24.6 Å². The van der Waals surface area contributed by atoms with E-state index in [0.717, 1.165) is 18.7 Å². The van der Waals surface area contributed by atoms with Crippen molar-refractivity contribution in [3.63, 3.8) is 0 Å². The van der Waals surface area contributed by atoms with E-state index in [1.54, 1.807) is 0 Å². The van der Waals surface area contributed by atoms with Crippen LogP contribution in [0.5, 0.6) is 0 Å². The molecule has 0 saturated carbocycles. The molecule has 18 heavy (non-hydrogen) atoms. The van der Waals surface area contributed by atoms with E-state index in [2.05, 4.69) is 62.1 Å². The minimum absolute atomic E-state index is 0.102. The van der Waals surface area contributed by atoms with E-state index >= 15 is 0 Å². The average molecular weight is 240 g/mol. The second-order valence-electron chi connectivity index (χ2n) is 5.89. The van der Waals surface area contributed by atoms with Gasteiger partial charge in [0.2, 0.25) is 0 Å². The molecule has 2 heteroatoms. The highest BCUT2D eigenvalue weighted by molar-refractivity contribution is 5.88. The number of rotatable bonds is 1. The van der Waals surface area contributed by atoms with Crippen molar-refractivity contribution in [3.05, 3.63) is 47.7 Å². The largest absolute Gasteiger partial charge is 0.351 e. The predicted molar refractivity (Wildman–Crippen MR) is 75.8 cm³/mol.